The number of halogens is 2. The van der Waals surface area contributed by atoms with Crippen LogP contribution >= 0.6 is 23.2 Å². The molecule has 0 amide bonds. The van der Waals surface area contributed by atoms with Crippen molar-refractivity contribution in [2.24, 2.45) is 0 Å². The average Bonchev–Trinajstić information content (AvgIpc) is 2.37. The highest BCUT2D eigenvalue weighted by atomic mass is 35.5. The van der Waals surface area contributed by atoms with Gasteiger partial charge in [-0.2, -0.15) is 0 Å². The van der Waals surface area contributed by atoms with Crippen LogP contribution in [0.25, 0.3) is 0 Å². The first-order valence-corrected chi connectivity index (χ1v) is 7.80. The molecule has 0 atom stereocenters. The summed E-state index contributed by atoms with van der Waals surface area (Å²) in [7, 11) is 0. The number of rotatable bonds is 10. The van der Waals surface area contributed by atoms with E-state index in [1.165, 1.54) is 0 Å². The molecule has 0 aliphatic carbocycles. The maximum atomic E-state index is 5.96. The Morgan fingerprint density at radius 2 is 1.65 bits per heavy atom. The van der Waals surface area contributed by atoms with Crippen molar-refractivity contribution >= 4 is 23.2 Å². The van der Waals surface area contributed by atoms with Crippen LogP contribution in [0, 0.1) is 0 Å². The molecule has 1 N–H and O–H groups in total. The van der Waals surface area contributed by atoms with Gasteiger partial charge in [-0.3, -0.25) is 0 Å². The molecule has 0 fully saturated rings. The molecule has 5 heteroatoms. The molecule has 114 valence electrons. The third-order valence-electron chi connectivity index (χ3n) is 2.75. The van der Waals surface area contributed by atoms with Crippen LogP contribution in [0.5, 0.6) is 0 Å². The molecule has 0 heterocycles. The Morgan fingerprint density at radius 1 is 1.05 bits per heavy atom. The summed E-state index contributed by atoms with van der Waals surface area (Å²) in [4.78, 5) is 0. The predicted molar refractivity (Wildman–Crippen MR) is 84.4 cm³/mol. The Morgan fingerprint density at radius 3 is 2.20 bits per heavy atom. The monoisotopic (exact) mass is 319 g/mol. The number of nitrogens with one attached hydrogen (secondary N) is 1. The summed E-state index contributed by atoms with van der Waals surface area (Å²) in [5, 5.41) is 4.70. The summed E-state index contributed by atoms with van der Waals surface area (Å²) < 4.78 is 11.0. The Hall–Kier alpha value is -0.320. The second-order valence-electron chi connectivity index (χ2n) is 4.44. The van der Waals surface area contributed by atoms with Crippen LogP contribution in [0.15, 0.2) is 18.2 Å². The Labute approximate surface area is 131 Å². The molecule has 0 aliphatic rings. The van der Waals surface area contributed by atoms with Gasteiger partial charge in [-0.1, -0.05) is 23.2 Å². The van der Waals surface area contributed by atoms with E-state index in [4.69, 9.17) is 32.7 Å². The van der Waals surface area contributed by atoms with Gasteiger partial charge >= 0.3 is 0 Å². The smallest absolute Gasteiger partial charge is 0.157 e. The van der Waals surface area contributed by atoms with E-state index in [0.29, 0.717) is 23.3 Å². The molecular formula is C15H23Cl2NO2. The van der Waals surface area contributed by atoms with Crippen LogP contribution in [-0.2, 0) is 16.0 Å². The molecule has 0 aliphatic heterocycles. The molecule has 0 bridgehead atoms. The standard InChI is InChI=1S/C15H23Cl2NO2/c1-3-19-15(20-4-2)6-5-7-18-11-12-8-13(16)10-14(17)9-12/h8-10,15,18H,3-7,11H2,1-2H3. The molecule has 0 spiro atoms. The van der Waals surface area contributed by atoms with E-state index in [1.807, 2.05) is 26.0 Å². The molecule has 0 saturated heterocycles. The van der Waals surface area contributed by atoms with E-state index in [-0.39, 0.29) is 6.29 Å². The fraction of sp³-hybridized carbons (Fsp3) is 0.600. The molecule has 3 nitrogen and oxygen atoms in total. The maximum Gasteiger partial charge on any atom is 0.157 e. The molecular weight excluding hydrogens is 297 g/mol. The first kappa shape index (κ1) is 17.7. The lowest BCUT2D eigenvalue weighted by Gasteiger charge is -2.16. The molecule has 0 aromatic heterocycles. The van der Waals surface area contributed by atoms with Crippen molar-refractivity contribution < 1.29 is 9.47 Å². The summed E-state index contributed by atoms with van der Waals surface area (Å²) >= 11 is 11.9. The first-order valence-electron chi connectivity index (χ1n) is 7.04. The van der Waals surface area contributed by atoms with Gasteiger partial charge < -0.3 is 14.8 Å². The van der Waals surface area contributed by atoms with Gasteiger partial charge in [0.05, 0.1) is 0 Å². The zero-order valence-corrected chi connectivity index (χ0v) is 13.6. The van der Waals surface area contributed by atoms with Crippen LogP contribution in [-0.4, -0.2) is 26.0 Å². The number of hydrogen-bond acceptors (Lipinski definition) is 3. The van der Waals surface area contributed by atoms with Crippen LogP contribution in [0.1, 0.15) is 32.3 Å². The van der Waals surface area contributed by atoms with Gasteiger partial charge in [0, 0.05) is 29.8 Å². The highest BCUT2D eigenvalue weighted by Crippen LogP contribution is 2.18. The van der Waals surface area contributed by atoms with E-state index < -0.39 is 0 Å². The van der Waals surface area contributed by atoms with E-state index in [0.717, 1.165) is 31.5 Å². The van der Waals surface area contributed by atoms with Crippen LogP contribution in [0.4, 0.5) is 0 Å². The second kappa shape index (κ2) is 10.4. The van der Waals surface area contributed by atoms with Crippen molar-refractivity contribution in [3.63, 3.8) is 0 Å². The summed E-state index contributed by atoms with van der Waals surface area (Å²) in [5.41, 5.74) is 1.09. The third-order valence-corrected chi connectivity index (χ3v) is 3.19. The van der Waals surface area contributed by atoms with Crippen molar-refractivity contribution in [2.75, 3.05) is 19.8 Å². The number of hydrogen-bond donors (Lipinski definition) is 1. The molecule has 1 rings (SSSR count). The Kier molecular flexibility index (Phi) is 9.23. The van der Waals surface area contributed by atoms with Crippen LogP contribution in [0.3, 0.4) is 0 Å². The van der Waals surface area contributed by atoms with Crippen molar-refractivity contribution in [3.05, 3.63) is 33.8 Å². The lowest BCUT2D eigenvalue weighted by molar-refractivity contribution is -0.139. The highest BCUT2D eigenvalue weighted by Gasteiger charge is 2.06. The fourth-order valence-electron chi connectivity index (χ4n) is 1.93. The zero-order valence-electron chi connectivity index (χ0n) is 12.1. The minimum atomic E-state index is -0.0904. The van der Waals surface area contributed by atoms with Crippen LogP contribution < -0.4 is 5.32 Å². The Bertz CT molecular complexity index is 362. The van der Waals surface area contributed by atoms with E-state index in [9.17, 15) is 0 Å². The molecule has 0 unspecified atom stereocenters. The average molecular weight is 320 g/mol. The molecule has 1 aromatic carbocycles. The van der Waals surface area contributed by atoms with Gasteiger partial charge in [0.15, 0.2) is 6.29 Å². The highest BCUT2D eigenvalue weighted by molar-refractivity contribution is 6.34. The largest absolute Gasteiger partial charge is 0.353 e. The third kappa shape index (κ3) is 7.46. The summed E-state index contributed by atoms with van der Waals surface area (Å²) in [6, 6.07) is 5.58. The van der Waals surface area contributed by atoms with Gasteiger partial charge in [-0.25, -0.2) is 0 Å². The quantitative estimate of drug-likeness (QED) is 0.516. The van der Waals surface area contributed by atoms with Gasteiger partial charge in [-0.15, -0.1) is 0 Å². The molecule has 1 aromatic rings. The molecule has 20 heavy (non-hydrogen) atoms. The summed E-state index contributed by atoms with van der Waals surface area (Å²) in [6.07, 6.45) is 1.80. The van der Waals surface area contributed by atoms with Gasteiger partial charge in [0.1, 0.15) is 0 Å². The first-order chi connectivity index (χ1) is 9.65. The predicted octanol–water partition coefficient (Wildman–Crippen LogP) is 4.26. The van der Waals surface area contributed by atoms with Gasteiger partial charge in [0.25, 0.3) is 0 Å². The van der Waals surface area contributed by atoms with Crippen molar-refractivity contribution in [2.45, 2.75) is 39.5 Å². The fourth-order valence-corrected chi connectivity index (χ4v) is 2.50. The number of ether oxygens (including phenoxy) is 2. The minimum Gasteiger partial charge on any atom is -0.353 e. The van der Waals surface area contributed by atoms with Crippen molar-refractivity contribution in [1.82, 2.24) is 5.32 Å². The lowest BCUT2D eigenvalue weighted by atomic mass is 10.2. The molecule has 0 saturated carbocycles. The van der Waals surface area contributed by atoms with Gasteiger partial charge in [-0.05, 0) is 57.0 Å². The topological polar surface area (TPSA) is 30.5 Å². The van der Waals surface area contributed by atoms with Crippen LogP contribution in [0.2, 0.25) is 10.0 Å². The SMILES string of the molecule is CCOC(CCCNCc1cc(Cl)cc(Cl)c1)OCC. The summed E-state index contributed by atoms with van der Waals surface area (Å²) in [5.74, 6) is 0. The maximum absolute atomic E-state index is 5.96. The lowest BCUT2D eigenvalue weighted by Crippen LogP contribution is -2.21. The number of benzene rings is 1. The van der Waals surface area contributed by atoms with E-state index >= 15 is 0 Å². The van der Waals surface area contributed by atoms with E-state index in [1.54, 1.807) is 6.07 Å². The van der Waals surface area contributed by atoms with Crippen molar-refractivity contribution in [3.8, 4) is 0 Å². The minimum absolute atomic E-state index is 0.0904. The second-order valence-corrected chi connectivity index (χ2v) is 5.31. The van der Waals surface area contributed by atoms with Gasteiger partial charge in [0.2, 0.25) is 0 Å². The molecule has 0 radical (unpaired) electrons. The van der Waals surface area contributed by atoms with E-state index in [2.05, 4.69) is 5.32 Å². The van der Waals surface area contributed by atoms with Crippen molar-refractivity contribution in [1.29, 1.82) is 0 Å². The summed E-state index contributed by atoms with van der Waals surface area (Å²) in [6.45, 7) is 6.98. The zero-order chi connectivity index (χ0) is 14.8. The Balaban J connectivity index is 2.20. The normalized spacial score (nSPS) is 11.2.